The number of likely N-dealkylation sites (N-methyl/N-ethyl adjacent to an activating group) is 1. The maximum Gasteiger partial charge on any atom is 0.338 e. The Kier molecular flexibility index (Phi) is 7.97. The number of benzene rings is 1. The van der Waals surface area contributed by atoms with E-state index in [0.29, 0.717) is 62.2 Å². The van der Waals surface area contributed by atoms with Crippen LogP contribution in [-0.4, -0.2) is 69.3 Å². The molecule has 12 heteroatoms. The second kappa shape index (κ2) is 11.6. The van der Waals surface area contributed by atoms with E-state index in [0.717, 1.165) is 5.56 Å². The Bertz CT molecular complexity index is 1790. The first-order valence-electron chi connectivity index (χ1n) is 12.4. The molecular formula is C28H26ClN5O5S. The van der Waals surface area contributed by atoms with Crippen molar-refractivity contribution in [2.45, 2.75) is 13.5 Å². The minimum Gasteiger partial charge on any atom is -0.491 e. The zero-order valence-corrected chi connectivity index (χ0v) is 23.6. The molecule has 0 radical (unpaired) electrons. The predicted octanol–water partition coefficient (Wildman–Crippen LogP) is 4.75. The van der Waals surface area contributed by atoms with Crippen molar-refractivity contribution in [3.8, 4) is 22.6 Å². The lowest BCUT2D eigenvalue weighted by Gasteiger charge is -2.16. The molecule has 0 saturated carbocycles. The monoisotopic (exact) mass is 579 g/mol. The van der Waals surface area contributed by atoms with Crippen LogP contribution >= 0.6 is 22.9 Å². The fourth-order valence-electron chi connectivity index (χ4n) is 4.34. The summed E-state index contributed by atoms with van der Waals surface area (Å²) in [5, 5.41) is 12.0. The van der Waals surface area contributed by atoms with Crippen molar-refractivity contribution in [3.63, 3.8) is 0 Å². The summed E-state index contributed by atoms with van der Waals surface area (Å²) in [5.74, 6) is 0.425. The largest absolute Gasteiger partial charge is 0.491 e. The number of carboxylic acid groups (broad SMARTS) is 1. The van der Waals surface area contributed by atoms with Crippen molar-refractivity contribution < 1.29 is 19.4 Å². The van der Waals surface area contributed by atoms with Gasteiger partial charge in [0.1, 0.15) is 30.2 Å². The summed E-state index contributed by atoms with van der Waals surface area (Å²) in [6, 6.07) is 7.05. The summed E-state index contributed by atoms with van der Waals surface area (Å²) in [6.45, 7) is 3.27. The van der Waals surface area contributed by atoms with Crippen LogP contribution in [0.2, 0.25) is 5.02 Å². The average molecular weight is 580 g/mol. The number of fused-ring (bicyclic) bond motifs is 2. The third-order valence-electron chi connectivity index (χ3n) is 6.31. The average Bonchev–Trinajstić information content (AvgIpc) is 3.36. The van der Waals surface area contributed by atoms with Crippen LogP contribution in [0.5, 0.6) is 11.5 Å². The maximum atomic E-state index is 13.5. The van der Waals surface area contributed by atoms with Crippen molar-refractivity contribution in [1.29, 1.82) is 0 Å². The highest BCUT2D eigenvalue weighted by Gasteiger charge is 2.18. The van der Waals surface area contributed by atoms with Crippen LogP contribution in [0.1, 0.15) is 16.2 Å². The summed E-state index contributed by atoms with van der Waals surface area (Å²) in [7, 11) is 3.89. The Morgan fingerprint density at radius 2 is 1.93 bits per heavy atom. The molecule has 0 spiro atoms. The molecule has 0 bridgehead atoms. The van der Waals surface area contributed by atoms with E-state index < -0.39 is 5.97 Å². The van der Waals surface area contributed by atoms with Crippen molar-refractivity contribution in [3.05, 3.63) is 75.0 Å². The lowest BCUT2D eigenvalue weighted by atomic mass is 10.0. The zero-order chi connectivity index (χ0) is 28.4. The molecule has 40 heavy (non-hydrogen) atoms. The molecule has 1 N–H and O–H groups in total. The highest BCUT2D eigenvalue weighted by Crippen LogP contribution is 2.39. The molecule has 0 fully saturated rings. The van der Waals surface area contributed by atoms with E-state index in [9.17, 15) is 14.7 Å². The molecule has 5 aromatic rings. The third kappa shape index (κ3) is 5.48. The first-order chi connectivity index (χ1) is 19.2. The number of nitrogens with zero attached hydrogens (tertiary/aromatic N) is 5. The van der Waals surface area contributed by atoms with Gasteiger partial charge < -0.3 is 19.5 Å². The minimum absolute atomic E-state index is 0.144. The summed E-state index contributed by atoms with van der Waals surface area (Å²) < 4.78 is 14.3. The Balaban J connectivity index is 1.43. The van der Waals surface area contributed by atoms with Crippen LogP contribution in [0.3, 0.4) is 0 Å². The van der Waals surface area contributed by atoms with Gasteiger partial charge in [0, 0.05) is 34.3 Å². The van der Waals surface area contributed by atoms with E-state index in [1.807, 2.05) is 19.0 Å². The van der Waals surface area contributed by atoms with E-state index in [2.05, 4.69) is 15.0 Å². The maximum absolute atomic E-state index is 13.5. The topological polar surface area (TPSA) is 120 Å². The lowest BCUT2D eigenvalue weighted by Crippen LogP contribution is -2.27. The fourth-order valence-corrected chi connectivity index (χ4v) is 5.54. The predicted molar refractivity (Wildman–Crippen MR) is 155 cm³/mol. The van der Waals surface area contributed by atoms with Gasteiger partial charge in [0.2, 0.25) is 0 Å². The molecule has 0 amide bonds. The number of hydrogen-bond acceptors (Lipinski definition) is 9. The highest BCUT2D eigenvalue weighted by atomic mass is 35.5. The van der Waals surface area contributed by atoms with Crippen molar-refractivity contribution >= 4 is 50.0 Å². The number of carboxylic acids is 1. The second-order valence-electron chi connectivity index (χ2n) is 9.28. The molecule has 4 heterocycles. The van der Waals surface area contributed by atoms with Gasteiger partial charge in [0.25, 0.3) is 5.56 Å². The van der Waals surface area contributed by atoms with Gasteiger partial charge in [-0.05, 0) is 45.3 Å². The number of halogens is 1. The Morgan fingerprint density at radius 1 is 1.12 bits per heavy atom. The number of aromatic nitrogens is 4. The van der Waals surface area contributed by atoms with E-state index in [1.54, 1.807) is 53.5 Å². The summed E-state index contributed by atoms with van der Waals surface area (Å²) in [4.78, 5) is 40.2. The van der Waals surface area contributed by atoms with Crippen LogP contribution in [0.4, 0.5) is 0 Å². The first-order valence-corrected chi connectivity index (χ1v) is 13.6. The van der Waals surface area contributed by atoms with Crippen molar-refractivity contribution in [2.24, 2.45) is 0 Å². The number of aryl methyl sites for hydroxylation is 1. The van der Waals surface area contributed by atoms with E-state index in [1.165, 1.54) is 17.5 Å². The molecule has 0 unspecified atom stereocenters. The van der Waals surface area contributed by atoms with E-state index in [-0.39, 0.29) is 24.3 Å². The summed E-state index contributed by atoms with van der Waals surface area (Å²) in [6.07, 6.45) is 4.66. The van der Waals surface area contributed by atoms with Gasteiger partial charge in [-0.15, -0.1) is 11.3 Å². The van der Waals surface area contributed by atoms with E-state index >= 15 is 0 Å². The van der Waals surface area contributed by atoms with Crippen LogP contribution in [-0.2, 0) is 6.54 Å². The number of carbonyl (C=O) groups is 1. The quantitative estimate of drug-likeness (QED) is 0.250. The molecule has 1 aromatic carbocycles. The van der Waals surface area contributed by atoms with Crippen molar-refractivity contribution in [1.82, 2.24) is 24.4 Å². The highest BCUT2D eigenvalue weighted by molar-refractivity contribution is 7.18. The lowest BCUT2D eigenvalue weighted by molar-refractivity contribution is 0.0699. The molecule has 0 atom stereocenters. The van der Waals surface area contributed by atoms with Crippen LogP contribution < -0.4 is 15.0 Å². The third-order valence-corrected chi connectivity index (χ3v) is 7.55. The first kappa shape index (κ1) is 27.5. The van der Waals surface area contributed by atoms with Gasteiger partial charge in [-0.2, -0.15) is 0 Å². The van der Waals surface area contributed by atoms with Crippen molar-refractivity contribution in [2.75, 3.05) is 33.9 Å². The molecule has 0 aliphatic rings. The van der Waals surface area contributed by atoms with Gasteiger partial charge in [0.15, 0.2) is 5.75 Å². The molecular weight excluding hydrogens is 554 g/mol. The van der Waals surface area contributed by atoms with Gasteiger partial charge in [-0.3, -0.25) is 19.3 Å². The molecule has 0 saturated heterocycles. The van der Waals surface area contributed by atoms with Crippen LogP contribution in [0, 0.1) is 6.92 Å². The Labute approximate surface area is 238 Å². The molecule has 10 nitrogen and oxygen atoms in total. The molecule has 4 aromatic heterocycles. The summed E-state index contributed by atoms with van der Waals surface area (Å²) in [5.41, 5.74) is 2.24. The standard InChI is InChI=1S/C28H26ClN5O5S/c1-16-32-21-13-30-14-23(39-10-8-33(2)3)24(21)27(35)34(16)9-11-38-22-5-4-17(29)12-19(22)18-6-7-31-25-20(28(36)37)15-40-26(18)25/h4-7,12-15H,8-11H2,1-3H3,(H,36,37). The van der Waals surface area contributed by atoms with Gasteiger partial charge in [-0.25, -0.2) is 9.78 Å². The zero-order valence-electron chi connectivity index (χ0n) is 22.0. The Hall–Kier alpha value is -4.06. The smallest absolute Gasteiger partial charge is 0.338 e. The van der Waals surface area contributed by atoms with E-state index in [4.69, 9.17) is 21.1 Å². The minimum atomic E-state index is -1.04. The number of ether oxygens (including phenoxy) is 2. The molecule has 5 rings (SSSR count). The van der Waals surface area contributed by atoms with Crippen LogP contribution in [0.15, 0.2) is 53.0 Å². The molecule has 0 aliphatic heterocycles. The molecule has 206 valence electrons. The number of thiophene rings is 1. The van der Waals surface area contributed by atoms with Gasteiger partial charge in [-0.1, -0.05) is 11.6 Å². The number of aromatic carboxylic acids is 1. The second-order valence-corrected chi connectivity index (χ2v) is 10.6. The molecule has 0 aliphatic carbocycles. The summed E-state index contributed by atoms with van der Waals surface area (Å²) >= 11 is 7.63. The van der Waals surface area contributed by atoms with Gasteiger partial charge >= 0.3 is 5.97 Å². The van der Waals surface area contributed by atoms with Crippen LogP contribution in [0.25, 0.3) is 32.2 Å². The number of rotatable bonds is 10. The SMILES string of the molecule is Cc1nc2cncc(OCCN(C)C)c2c(=O)n1CCOc1ccc(Cl)cc1-c1ccnc2c(C(=O)O)csc12. The number of pyridine rings is 2. The fraction of sp³-hybridized carbons (Fsp3) is 0.250. The number of hydrogen-bond donors (Lipinski definition) is 1. The van der Waals surface area contributed by atoms with Gasteiger partial charge in [0.05, 0.1) is 40.2 Å². The normalized spacial score (nSPS) is 11.4. The Morgan fingerprint density at radius 3 is 2.70 bits per heavy atom.